The fraction of sp³-hybridized carbons (Fsp3) is 0.114. The summed E-state index contributed by atoms with van der Waals surface area (Å²) < 4.78 is 351. The molecule has 0 N–H and O–H groups in total. The van der Waals surface area contributed by atoms with E-state index in [4.69, 9.17) is 0 Å². The third-order valence-electron chi connectivity index (χ3n) is 16.2. The predicted molar refractivity (Wildman–Crippen MR) is 312 cm³/mol. The maximum absolute atomic E-state index is 14.5. The highest BCUT2D eigenvalue weighted by Gasteiger charge is 2.42. The fourth-order valence-electron chi connectivity index (χ4n) is 11.8. The van der Waals surface area contributed by atoms with E-state index in [1.165, 1.54) is 48.5 Å². The van der Waals surface area contributed by atoms with Crippen LogP contribution in [-0.4, -0.2) is 9.13 Å². The Morgan fingerprint density at radius 3 is 0.673 bits per heavy atom. The molecule has 0 unspecified atom stereocenters. The summed E-state index contributed by atoms with van der Waals surface area (Å²) in [6.07, 6.45) is -43.4. The van der Waals surface area contributed by atoms with Crippen LogP contribution in [0.3, 0.4) is 0 Å². The van der Waals surface area contributed by atoms with Gasteiger partial charge in [0.15, 0.2) is 0 Å². The summed E-state index contributed by atoms with van der Waals surface area (Å²) in [5.74, 6) is 0. The Bertz CT molecular complexity index is 4670. The lowest BCUT2D eigenvalue weighted by atomic mass is 9.96. The molecule has 0 saturated carbocycles. The minimum absolute atomic E-state index is 0.0243. The molecule has 28 heteroatoms. The van der Waals surface area contributed by atoms with E-state index in [0.29, 0.717) is 48.5 Å². The van der Waals surface area contributed by atoms with E-state index >= 15 is 0 Å². The van der Waals surface area contributed by atoms with E-state index in [0.717, 1.165) is 69.8 Å². The molecule has 12 aromatic rings. The first kappa shape index (κ1) is 67.1. The van der Waals surface area contributed by atoms with Crippen molar-refractivity contribution in [2.75, 3.05) is 0 Å². The van der Waals surface area contributed by atoms with Gasteiger partial charge in [-0.3, -0.25) is 0 Å². The molecule has 2 heterocycles. The first-order chi connectivity index (χ1) is 45.5. The van der Waals surface area contributed by atoms with Gasteiger partial charge in [-0.25, -0.2) is 0 Å². The predicted octanol–water partition coefficient (Wildman–Crippen LogP) is 24.1. The first-order valence-electron chi connectivity index (χ1n) is 27.9. The van der Waals surface area contributed by atoms with Crippen molar-refractivity contribution < 1.29 is 105 Å². The third kappa shape index (κ3) is 12.5. The maximum Gasteiger partial charge on any atom is 0.416 e. The van der Waals surface area contributed by atoms with Crippen LogP contribution in [0.5, 0.6) is 0 Å². The Hall–Kier alpha value is -10.9. The normalized spacial score (nSPS) is 13.1. The molecule has 10 aromatic carbocycles. The molecule has 0 radical (unpaired) electrons. The summed E-state index contributed by atoms with van der Waals surface area (Å²) in [5.41, 5.74) is -22.0. The Morgan fingerprint density at radius 2 is 0.459 bits per heavy atom. The Morgan fingerprint density at radius 1 is 0.224 bits per heavy atom. The van der Waals surface area contributed by atoms with Gasteiger partial charge in [0.05, 0.1) is 101 Å². The summed E-state index contributed by atoms with van der Waals surface area (Å²) in [4.78, 5) is 0. The van der Waals surface area contributed by atoms with Crippen molar-refractivity contribution >= 4 is 43.6 Å². The van der Waals surface area contributed by atoms with Crippen LogP contribution in [0.1, 0.15) is 55.6 Å². The number of aromatic nitrogens is 2. The smallest absolute Gasteiger partial charge is 0.308 e. The molecule has 0 fully saturated rings. The van der Waals surface area contributed by atoms with Gasteiger partial charge in [-0.2, -0.15) is 116 Å². The van der Waals surface area contributed by atoms with Crippen molar-refractivity contribution in [2.24, 2.45) is 0 Å². The van der Waals surface area contributed by atoms with Crippen LogP contribution < -0.4 is 0 Å². The van der Waals surface area contributed by atoms with Crippen LogP contribution in [0.4, 0.5) is 105 Å². The molecule has 4 nitrogen and oxygen atoms in total. The SMILES string of the molecule is N#Cc1cccc(-c2c(-n3c4cc(-c5cc(C(F)(F)F)cc(C(F)(F)F)c5)ccc4c4ccc(-c5cc(C(F)(F)F)cc(C(F)(F)F)c5)cc43)cc(C#N)cc2-n2c3cc(-c4cc(C(F)(F)F)cc(C(F)(F)F)c4)ccc3c3ccc(-c4cc(C(F)(F)F)cc(C(F)(F)F)c4)cc32)c1. The molecule has 98 heavy (non-hydrogen) atoms. The van der Waals surface area contributed by atoms with Crippen molar-refractivity contribution in [2.45, 2.75) is 49.4 Å². The van der Waals surface area contributed by atoms with Crippen LogP contribution in [0.2, 0.25) is 0 Å². The molecular weight excluding hydrogens is 1350 g/mol. The van der Waals surface area contributed by atoms with E-state index in [-0.39, 0.29) is 95.9 Å². The number of nitriles is 2. The van der Waals surface area contributed by atoms with Gasteiger partial charge < -0.3 is 9.13 Å². The Labute approximate surface area is 533 Å². The van der Waals surface area contributed by atoms with Crippen LogP contribution in [0, 0.1) is 22.7 Å². The molecule has 12 rings (SSSR count). The van der Waals surface area contributed by atoms with Crippen molar-refractivity contribution in [1.82, 2.24) is 9.13 Å². The average molecular weight is 1380 g/mol. The molecule has 0 bridgehead atoms. The number of alkyl halides is 24. The standard InChI is InChI=1S/C70H30F24N4/c71-63(72,73)44-15-40(16-45(27-44)64(74,75)76)35-4-8-52-53-9-5-36(41-17-46(65(77,78)79)28-47(18-41)66(80,81)82)24-57(53)97(56(52)23-35)60-13-34(32-96)14-61(62(60)39-3-1-2-33(12-39)31-95)98-58-25-37(42-19-48(67(83,84)85)29-49(20-42)68(86,87)88)6-10-54(58)55-11-7-38(26-59(55)98)43-21-50(69(89,90)91)30-51(22-43)70(92,93)94/h1-30H. The van der Waals surface area contributed by atoms with Gasteiger partial charge in [0, 0.05) is 27.1 Å². The summed E-state index contributed by atoms with van der Waals surface area (Å²) in [5, 5.41) is 21.4. The number of benzene rings is 10. The molecular formula is C70H30F24N4. The second kappa shape index (κ2) is 22.9. The van der Waals surface area contributed by atoms with Crippen molar-refractivity contribution in [3.05, 3.63) is 238 Å². The quantitative estimate of drug-likeness (QED) is 0.149. The number of halogens is 24. The molecule has 498 valence electrons. The minimum atomic E-state index is -5.42. The largest absolute Gasteiger partial charge is 0.416 e. The molecule has 0 atom stereocenters. The van der Waals surface area contributed by atoms with Gasteiger partial charge in [-0.1, -0.05) is 60.7 Å². The zero-order valence-corrected chi connectivity index (χ0v) is 48.2. The number of fused-ring (bicyclic) bond motifs is 6. The lowest BCUT2D eigenvalue weighted by molar-refractivity contribution is -0.144. The van der Waals surface area contributed by atoms with Crippen LogP contribution >= 0.6 is 0 Å². The van der Waals surface area contributed by atoms with E-state index in [1.54, 1.807) is 0 Å². The van der Waals surface area contributed by atoms with Crippen LogP contribution in [-0.2, 0) is 49.4 Å². The number of nitrogens with zero attached hydrogens (tertiary/aromatic N) is 4. The maximum atomic E-state index is 14.5. The molecule has 0 amide bonds. The lowest BCUT2D eigenvalue weighted by Gasteiger charge is -2.22. The van der Waals surface area contributed by atoms with Gasteiger partial charge in [-0.15, -0.1) is 0 Å². The van der Waals surface area contributed by atoms with Crippen molar-refractivity contribution in [3.63, 3.8) is 0 Å². The molecule has 0 spiro atoms. The molecule has 0 aliphatic rings. The first-order valence-corrected chi connectivity index (χ1v) is 27.9. The molecule has 0 aliphatic heterocycles. The second-order valence-corrected chi connectivity index (χ2v) is 22.5. The summed E-state index contributed by atoms with van der Waals surface area (Å²) in [6.45, 7) is 0. The molecule has 2 aromatic heterocycles. The van der Waals surface area contributed by atoms with E-state index in [9.17, 15) is 116 Å². The van der Waals surface area contributed by atoms with Crippen molar-refractivity contribution in [1.29, 1.82) is 10.5 Å². The summed E-state index contributed by atoms with van der Waals surface area (Å²) in [7, 11) is 0. The average Bonchev–Trinajstić information content (AvgIpc) is 1.55. The third-order valence-corrected chi connectivity index (χ3v) is 16.2. The van der Waals surface area contributed by atoms with E-state index in [1.807, 2.05) is 12.1 Å². The van der Waals surface area contributed by atoms with Crippen LogP contribution in [0.25, 0.3) is 111 Å². The van der Waals surface area contributed by atoms with Gasteiger partial charge >= 0.3 is 49.4 Å². The highest BCUT2D eigenvalue weighted by Crippen LogP contribution is 2.50. The number of rotatable bonds is 7. The van der Waals surface area contributed by atoms with Gasteiger partial charge in [0.1, 0.15) is 0 Å². The summed E-state index contributed by atoms with van der Waals surface area (Å²) in [6, 6.07) is 26.4. The molecule has 0 aliphatic carbocycles. The van der Waals surface area contributed by atoms with E-state index < -0.39 is 144 Å². The van der Waals surface area contributed by atoms with Gasteiger partial charge in [-0.05, 0) is 171 Å². The second-order valence-electron chi connectivity index (χ2n) is 22.5. The highest BCUT2D eigenvalue weighted by molar-refractivity contribution is 6.14. The molecule has 0 saturated heterocycles. The van der Waals surface area contributed by atoms with Crippen molar-refractivity contribution in [3.8, 4) is 79.1 Å². The fourth-order valence-corrected chi connectivity index (χ4v) is 11.8. The highest BCUT2D eigenvalue weighted by atomic mass is 19.4. The summed E-state index contributed by atoms with van der Waals surface area (Å²) >= 11 is 0. The van der Waals surface area contributed by atoms with Gasteiger partial charge in [0.25, 0.3) is 0 Å². The topological polar surface area (TPSA) is 57.4 Å². The zero-order valence-electron chi connectivity index (χ0n) is 48.2. The Kier molecular flexibility index (Phi) is 15.7. The minimum Gasteiger partial charge on any atom is -0.308 e. The van der Waals surface area contributed by atoms with Crippen LogP contribution in [0.15, 0.2) is 182 Å². The Balaban J connectivity index is 1.28. The van der Waals surface area contributed by atoms with E-state index in [2.05, 4.69) is 0 Å². The number of hydrogen-bond acceptors (Lipinski definition) is 2. The number of hydrogen-bond donors (Lipinski definition) is 0. The van der Waals surface area contributed by atoms with Gasteiger partial charge in [0.2, 0.25) is 0 Å². The lowest BCUT2D eigenvalue weighted by Crippen LogP contribution is -2.11. The zero-order chi connectivity index (χ0) is 71.1. The monoisotopic (exact) mass is 1380 g/mol.